The first-order valence-corrected chi connectivity index (χ1v) is 6.85. The van der Waals surface area contributed by atoms with E-state index in [0.29, 0.717) is 22.4 Å². The third-order valence-electron chi connectivity index (χ3n) is 3.40. The van der Waals surface area contributed by atoms with E-state index in [2.05, 4.69) is 17.6 Å². The Bertz CT molecular complexity index is 465. The van der Waals surface area contributed by atoms with Gasteiger partial charge in [0.2, 0.25) is 5.91 Å². The first-order valence-electron chi connectivity index (χ1n) is 6.48. The second-order valence-electron chi connectivity index (χ2n) is 4.97. The average molecular weight is 283 g/mol. The molecule has 1 aliphatic rings. The molecule has 1 heterocycles. The van der Waals surface area contributed by atoms with E-state index in [0.717, 1.165) is 19.4 Å². The van der Waals surface area contributed by atoms with Gasteiger partial charge in [0.25, 0.3) is 0 Å². The Labute approximate surface area is 118 Å². The molecule has 2 N–H and O–H groups in total. The van der Waals surface area contributed by atoms with Gasteiger partial charge in [-0.15, -0.1) is 0 Å². The van der Waals surface area contributed by atoms with Gasteiger partial charge in [-0.2, -0.15) is 0 Å². The van der Waals surface area contributed by atoms with Crippen molar-refractivity contribution in [1.29, 1.82) is 0 Å². The highest BCUT2D eigenvalue weighted by molar-refractivity contribution is 6.31. The van der Waals surface area contributed by atoms with Crippen molar-refractivity contribution in [3.05, 3.63) is 23.2 Å². The van der Waals surface area contributed by atoms with E-state index >= 15 is 0 Å². The number of anilines is 1. The summed E-state index contributed by atoms with van der Waals surface area (Å²) in [6, 6.07) is 5.03. The lowest BCUT2D eigenvalue weighted by Gasteiger charge is -2.27. The molecule has 0 spiro atoms. The second-order valence-corrected chi connectivity index (χ2v) is 5.41. The fraction of sp³-hybridized carbons (Fsp3) is 0.500. The summed E-state index contributed by atoms with van der Waals surface area (Å²) in [5.74, 6) is 1.15. The number of hydrogen-bond donors (Lipinski definition) is 2. The van der Waals surface area contributed by atoms with Crippen molar-refractivity contribution < 1.29 is 9.53 Å². The number of carbonyl (C=O) groups is 1. The Morgan fingerprint density at radius 1 is 1.53 bits per heavy atom. The van der Waals surface area contributed by atoms with Crippen molar-refractivity contribution >= 4 is 23.2 Å². The molecule has 0 saturated carbocycles. The Morgan fingerprint density at radius 2 is 2.32 bits per heavy atom. The summed E-state index contributed by atoms with van der Waals surface area (Å²) in [5, 5.41) is 6.69. The number of hydrogen-bond acceptors (Lipinski definition) is 3. The Morgan fingerprint density at radius 3 is 3.00 bits per heavy atom. The van der Waals surface area contributed by atoms with Gasteiger partial charge < -0.3 is 15.4 Å². The first kappa shape index (κ1) is 14.2. The van der Waals surface area contributed by atoms with E-state index in [4.69, 9.17) is 16.3 Å². The zero-order valence-electron chi connectivity index (χ0n) is 11.2. The molecular weight excluding hydrogens is 264 g/mol. The van der Waals surface area contributed by atoms with Crippen LogP contribution in [0.3, 0.4) is 0 Å². The van der Waals surface area contributed by atoms with Crippen LogP contribution in [0.25, 0.3) is 0 Å². The summed E-state index contributed by atoms with van der Waals surface area (Å²) >= 11 is 5.94. The second kappa shape index (κ2) is 6.26. The van der Waals surface area contributed by atoms with Gasteiger partial charge in [-0.05, 0) is 43.5 Å². The number of carbonyl (C=O) groups excluding carboxylic acids is 1. The zero-order valence-corrected chi connectivity index (χ0v) is 12.0. The number of halogens is 1. The minimum Gasteiger partial charge on any atom is -0.495 e. The molecule has 2 rings (SSSR count). The van der Waals surface area contributed by atoms with Gasteiger partial charge in [0, 0.05) is 5.02 Å². The predicted octanol–water partition coefficient (Wildman–Crippen LogP) is 2.68. The van der Waals surface area contributed by atoms with Crippen molar-refractivity contribution in [3.8, 4) is 5.75 Å². The fourth-order valence-corrected chi connectivity index (χ4v) is 2.48. The van der Waals surface area contributed by atoms with E-state index < -0.39 is 0 Å². The number of ether oxygens (including phenoxy) is 1. The smallest absolute Gasteiger partial charge is 0.241 e. The molecular formula is C14H19ClN2O2. The monoisotopic (exact) mass is 282 g/mol. The van der Waals surface area contributed by atoms with Gasteiger partial charge in [-0.1, -0.05) is 18.5 Å². The van der Waals surface area contributed by atoms with Gasteiger partial charge in [0.15, 0.2) is 0 Å². The molecule has 2 unspecified atom stereocenters. The third kappa shape index (κ3) is 3.61. The number of piperidine rings is 1. The van der Waals surface area contributed by atoms with E-state index in [9.17, 15) is 4.79 Å². The van der Waals surface area contributed by atoms with Crippen LogP contribution in [0.1, 0.15) is 19.8 Å². The minimum absolute atomic E-state index is 0.0351. The summed E-state index contributed by atoms with van der Waals surface area (Å²) in [6.45, 7) is 3.05. The SMILES string of the molecule is COc1ccc(Cl)cc1NC(=O)C1CC(C)CCN1. The van der Waals surface area contributed by atoms with Crippen LogP contribution < -0.4 is 15.4 Å². The fourth-order valence-electron chi connectivity index (χ4n) is 2.30. The molecule has 19 heavy (non-hydrogen) atoms. The molecule has 2 atom stereocenters. The molecule has 0 radical (unpaired) electrons. The molecule has 5 heteroatoms. The summed E-state index contributed by atoms with van der Waals surface area (Å²) in [6.07, 6.45) is 1.97. The maximum Gasteiger partial charge on any atom is 0.241 e. The number of rotatable bonds is 3. The predicted molar refractivity (Wildman–Crippen MR) is 76.8 cm³/mol. The van der Waals surface area contributed by atoms with Gasteiger partial charge >= 0.3 is 0 Å². The number of nitrogens with one attached hydrogen (secondary N) is 2. The molecule has 1 amide bonds. The van der Waals surface area contributed by atoms with Crippen molar-refractivity contribution in [2.45, 2.75) is 25.8 Å². The highest BCUT2D eigenvalue weighted by atomic mass is 35.5. The first-order chi connectivity index (χ1) is 9.10. The molecule has 1 fully saturated rings. The maximum absolute atomic E-state index is 12.2. The largest absolute Gasteiger partial charge is 0.495 e. The molecule has 4 nitrogen and oxygen atoms in total. The van der Waals surface area contributed by atoms with E-state index in [1.54, 1.807) is 25.3 Å². The van der Waals surface area contributed by atoms with Crippen molar-refractivity contribution in [2.24, 2.45) is 5.92 Å². The standard InChI is InChI=1S/C14H19ClN2O2/c1-9-5-6-16-12(7-9)14(18)17-11-8-10(15)3-4-13(11)19-2/h3-4,8-9,12,16H,5-7H2,1-2H3,(H,17,18). The topological polar surface area (TPSA) is 50.4 Å². The van der Waals surface area contributed by atoms with Crippen molar-refractivity contribution in [2.75, 3.05) is 19.0 Å². The molecule has 1 aliphatic heterocycles. The zero-order chi connectivity index (χ0) is 13.8. The van der Waals surface area contributed by atoms with E-state index in [1.165, 1.54) is 0 Å². The van der Waals surface area contributed by atoms with Crippen LogP contribution in [-0.4, -0.2) is 25.6 Å². The molecule has 1 aromatic carbocycles. The Kier molecular flexibility index (Phi) is 4.66. The summed E-state index contributed by atoms with van der Waals surface area (Å²) in [5.41, 5.74) is 0.611. The lowest BCUT2D eigenvalue weighted by atomic mass is 9.94. The molecule has 0 aliphatic carbocycles. The number of amides is 1. The average Bonchev–Trinajstić information content (AvgIpc) is 2.39. The van der Waals surface area contributed by atoms with Crippen LogP contribution in [0.2, 0.25) is 5.02 Å². The van der Waals surface area contributed by atoms with E-state index in [1.807, 2.05) is 0 Å². The summed E-state index contributed by atoms with van der Waals surface area (Å²) in [7, 11) is 1.57. The summed E-state index contributed by atoms with van der Waals surface area (Å²) in [4.78, 5) is 12.2. The molecule has 104 valence electrons. The third-order valence-corrected chi connectivity index (χ3v) is 3.64. The van der Waals surface area contributed by atoms with E-state index in [-0.39, 0.29) is 11.9 Å². The summed E-state index contributed by atoms with van der Waals surface area (Å²) < 4.78 is 5.22. The minimum atomic E-state index is -0.146. The van der Waals surface area contributed by atoms with Gasteiger partial charge in [0.05, 0.1) is 18.8 Å². The number of benzene rings is 1. The normalized spacial score (nSPS) is 22.9. The Balaban J connectivity index is 2.07. The van der Waals surface area contributed by atoms with Crippen LogP contribution in [-0.2, 0) is 4.79 Å². The highest BCUT2D eigenvalue weighted by Gasteiger charge is 2.25. The van der Waals surface area contributed by atoms with Gasteiger partial charge in [0.1, 0.15) is 5.75 Å². The molecule has 1 saturated heterocycles. The lowest BCUT2D eigenvalue weighted by Crippen LogP contribution is -2.45. The quantitative estimate of drug-likeness (QED) is 0.896. The van der Waals surface area contributed by atoms with Crippen LogP contribution in [0.4, 0.5) is 5.69 Å². The van der Waals surface area contributed by atoms with Crippen LogP contribution >= 0.6 is 11.6 Å². The molecule has 0 aromatic heterocycles. The van der Waals surface area contributed by atoms with Gasteiger partial charge in [-0.3, -0.25) is 4.79 Å². The highest BCUT2D eigenvalue weighted by Crippen LogP contribution is 2.28. The van der Waals surface area contributed by atoms with Crippen LogP contribution in [0.5, 0.6) is 5.75 Å². The van der Waals surface area contributed by atoms with Gasteiger partial charge in [-0.25, -0.2) is 0 Å². The lowest BCUT2D eigenvalue weighted by molar-refractivity contribution is -0.119. The van der Waals surface area contributed by atoms with Crippen molar-refractivity contribution in [1.82, 2.24) is 5.32 Å². The Hall–Kier alpha value is -1.26. The molecule has 1 aromatic rings. The van der Waals surface area contributed by atoms with Crippen LogP contribution in [0.15, 0.2) is 18.2 Å². The van der Waals surface area contributed by atoms with Crippen molar-refractivity contribution in [3.63, 3.8) is 0 Å². The van der Waals surface area contributed by atoms with Crippen LogP contribution in [0, 0.1) is 5.92 Å². The molecule has 0 bridgehead atoms. The maximum atomic E-state index is 12.2. The number of methoxy groups -OCH3 is 1.